The number of aromatic nitrogens is 4. The third kappa shape index (κ3) is 4.25. The van der Waals surface area contributed by atoms with Gasteiger partial charge in [-0.1, -0.05) is 17.7 Å². The first kappa shape index (κ1) is 24.9. The Morgan fingerprint density at radius 2 is 1.97 bits per heavy atom. The number of anilines is 1. The summed E-state index contributed by atoms with van der Waals surface area (Å²) < 4.78 is 60.7. The predicted molar refractivity (Wildman–Crippen MR) is 123 cm³/mol. The predicted octanol–water partition coefficient (Wildman–Crippen LogP) is 3.02. The molecule has 2 aromatic heterocycles. The fourth-order valence-corrected chi connectivity index (χ4v) is 4.88. The Balaban J connectivity index is 1.80. The fourth-order valence-electron chi connectivity index (χ4n) is 4.70. The van der Waals surface area contributed by atoms with Gasteiger partial charge in [0.05, 0.1) is 35.7 Å². The van der Waals surface area contributed by atoms with Crippen molar-refractivity contribution in [2.75, 3.05) is 31.2 Å². The van der Waals surface area contributed by atoms with E-state index in [1.165, 1.54) is 12.1 Å². The highest BCUT2D eigenvalue weighted by Crippen LogP contribution is 2.43. The normalized spacial score (nSPS) is 16.6. The van der Waals surface area contributed by atoms with Crippen LogP contribution < -0.4 is 16.1 Å². The summed E-state index contributed by atoms with van der Waals surface area (Å²) in [5.41, 5.74) is -3.73. The average molecular weight is 537 g/mol. The number of hydrogen-bond acceptors (Lipinski definition) is 7. The second kappa shape index (κ2) is 8.97. The first-order valence-corrected chi connectivity index (χ1v) is 11.4. The minimum atomic E-state index is -4.89. The summed E-state index contributed by atoms with van der Waals surface area (Å²) in [4.78, 5) is 36.0. The molecule has 0 amide bonds. The summed E-state index contributed by atoms with van der Waals surface area (Å²) in [5, 5.41) is 9.18. The van der Waals surface area contributed by atoms with Crippen molar-refractivity contribution in [2.45, 2.75) is 19.1 Å². The fraction of sp³-hybridized carbons (Fsp3) is 0.348. The van der Waals surface area contributed by atoms with Gasteiger partial charge in [0.1, 0.15) is 18.2 Å². The minimum Gasteiger partial charge on any atom is -0.381 e. The van der Waals surface area contributed by atoms with Crippen LogP contribution in [0.1, 0.15) is 12.1 Å². The standard InChI is InChI=1S/C23H17ClF4N6O3/c24-14-7-13(1-2-15(14)25)18-19(32-10-22(11-32)3-6-37-12-22)33(5-4-29)21(36)34(20(18)35)17-9-30-8-16(31-17)23(26,27)28/h1-2,7-9H,3,5-6,10-12H2. The summed E-state index contributed by atoms with van der Waals surface area (Å²) in [5.74, 6) is -1.36. The van der Waals surface area contributed by atoms with E-state index < -0.39 is 41.3 Å². The Morgan fingerprint density at radius 3 is 2.59 bits per heavy atom. The van der Waals surface area contributed by atoms with Crippen LogP contribution in [0.4, 0.5) is 23.4 Å². The van der Waals surface area contributed by atoms with Gasteiger partial charge in [-0.25, -0.2) is 18.7 Å². The lowest BCUT2D eigenvalue weighted by molar-refractivity contribution is -0.141. The van der Waals surface area contributed by atoms with E-state index in [1.807, 2.05) is 6.07 Å². The van der Waals surface area contributed by atoms with Crippen LogP contribution in [0.3, 0.4) is 0 Å². The van der Waals surface area contributed by atoms with Crippen molar-refractivity contribution < 1.29 is 22.3 Å². The minimum absolute atomic E-state index is 0.0768. The van der Waals surface area contributed by atoms with Gasteiger partial charge in [0.25, 0.3) is 5.56 Å². The van der Waals surface area contributed by atoms with Crippen molar-refractivity contribution in [3.8, 4) is 23.0 Å². The van der Waals surface area contributed by atoms with Gasteiger partial charge >= 0.3 is 11.9 Å². The second-order valence-electron chi connectivity index (χ2n) is 8.91. The molecule has 192 valence electrons. The van der Waals surface area contributed by atoms with Crippen LogP contribution in [0.25, 0.3) is 16.9 Å². The molecule has 14 heteroatoms. The highest BCUT2D eigenvalue weighted by molar-refractivity contribution is 6.31. The molecular weight excluding hydrogens is 520 g/mol. The topological polar surface area (TPSA) is 106 Å². The molecule has 0 radical (unpaired) electrons. The maximum atomic E-state index is 14.0. The molecule has 37 heavy (non-hydrogen) atoms. The van der Waals surface area contributed by atoms with Crippen LogP contribution in [0.5, 0.6) is 0 Å². The monoisotopic (exact) mass is 536 g/mol. The highest BCUT2D eigenvalue weighted by atomic mass is 35.5. The summed E-state index contributed by atoms with van der Waals surface area (Å²) >= 11 is 5.97. The van der Waals surface area contributed by atoms with E-state index in [-0.39, 0.29) is 27.4 Å². The number of ether oxygens (including phenoxy) is 1. The molecular formula is C23H17ClF4N6O3. The van der Waals surface area contributed by atoms with Gasteiger partial charge in [-0.3, -0.25) is 14.3 Å². The molecule has 5 rings (SSSR count). The van der Waals surface area contributed by atoms with Crippen molar-refractivity contribution in [3.63, 3.8) is 0 Å². The van der Waals surface area contributed by atoms with E-state index in [0.717, 1.165) is 23.3 Å². The quantitative estimate of drug-likeness (QED) is 0.472. The lowest BCUT2D eigenvalue weighted by Crippen LogP contribution is -2.59. The molecule has 2 aliphatic heterocycles. The number of benzene rings is 1. The zero-order chi connectivity index (χ0) is 26.5. The van der Waals surface area contributed by atoms with Crippen LogP contribution in [0.2, 0.25) is 5.02 Å². The van der Waals surface area contributed by atoms with Crippen LogP contribution in [-0.4, -0.2) is 45.4 Å². The van der Waals surface area contributed by atoms with Crippen LogP contribution in [0.15, 0.2) is 40.2 Å². The number of nitriles is 1. The molecule has 0 saturated carbocycles. The van der Waals surface area contributed by atoms with E-state index in [1.54, 1.807) is 4.90 Å². The molecule has 1 spiro atoms. The van der Waals surface area contributed by atoms with Gasteiger partial charge in [-0.15, -0.1) is 0 Å². The van der Waals surface area contributed by atoms with E-state index in [2.05, 4.69) is 9.97 Å². The summed E-state index contributed by atoms with van der Waals surface area (Å²) in [6, 6.07) is 5.32. The molecule has 0 N–H and O–H groups in total. The van der Waals surface area contributed by atoms with Gasteiger partial charge < -0.3 is 9.64 Å². The maximum Gasteiger partial charge on any atom is 0.434 e. The molecule has 2 saturated heterocycles. The van der Waals surface area contributed by atoms with Crippen LogP contribution in [0, 0.1) is 22.6 Å². The van der Waals surface area contributed by atoms with E-state index in [4.69, 9.17) is 16.3 Å². The largest absolute Gasteiger partial charge is 0.434 e. The van der Waals surface area contributed by atoms with Crippen molar-refractivity contribution in [3.05, 3.63) is 68.0 Å². The van der Waals surface area contributed by atoms with Crippen LogP contribution in [-0.2, 0) is 17.5 Å². The number of rotatable bonds is 4. The Labute approximate surface area is 211 Å². The molecule has 3 aromatic rings. The first-order valence-electron chi connectivity index (χ1n) is 11.0. The van der Waals surface area contributed by atoms with Crippen molar-refractivity contribution in [1.82, 2.24) is 19.1 Å². The molecule has 0 bridgehead atoms. The van der Waals surface area contributed by atoms with Gasteiger partial charge in [0, 0.05) is 25.1 Å². The SMILES string of the molecule is N#CCn1c(N2CC3(CCOC3)C2)c(-c2ccc(F)c(Cl)c2)c(=O)n(-c2cncc(C(F)(F)F)n2)c1=O. The van der Waals surface area contributed by atoms with Gasteiger partial charge in [-0.2, -0.15) is 18.4 Å². The highest BCUT2D eigenvalue weighted by Gasteiger charge is 2.48. The number of nitrogens with zero attached hydrogens (tertiary/aromatic N) is 6. The third-order valence-corrected chi connectivity index (χ3v) is 6.72. The molecule has 2 fully saturated rings. The van der Waals surface area contributed by atoms with Crippen molar-refractivity contribution in [1.29, 1.82) is 5.26 Å². The number of halogens is 5. The van der Waals surface area contributed by atoms with Crippen LogP contribution >= 0.6 is 11.6 Å². The summed E-state index contributed by atoms with van der Waals surface area (Å²) in [7, 11) is 0. The van der Waals surface area contributed by atoms with Crippen molar-refractivity contribution in [2.24, 2.45) is 5.41 Å². The molecule has 1 aromatic carbocycles. The smallest absolute Gasteiger partial charge is 0.381 e. The Kier molecular flexibility index (Phi) is 6.04. The molecule has 4 heterocycles. The lowest BCUT2D eigenvalue weighted by Gasteiger charge is -2.49. The number of hydrogen-bond donors (Lipinski definition) is 0. The Bertz CT molecular complexity index is 1550. The van der Waals surface area contributed by atoms with E-state index >= 15 is 0 Å². The molecule has 0 unspecified atom stereocenters. The van der Waals surface area contributed by atoms with Gasteiger partial charge in [-0.05, 0) is 24.1 Å². The maximum absolute atomic E-state index is 14.0. The first-order chi connectivity index (χ1) is 17.5. The molecule has 0 atom stereocenters. The number of alkyl halides is 3. The summed E-state index contributed by atoms with van der Waals surface area (Å²) in [6.07, 6.45) is -2.83. The average Bonchev–Trinajstić information content (AvgIpc) is 3.32. The molecule has 0 aliphatic carbocycles. The third-order valence-electron chi connectivity index (χ3n) is 6.43. The van der Waals surface area contributed by atoms with Crippen molar-refractivity contribution >= 4 is 17.4 Å². The van der Waals surface area contributed by atoms with E-state index in [9.17, 15) is 32.4 Å². The lowest BCUT2D eigenvalue weighted by atomic mass is 9.79. The zero-order valence-corrected chi connectivity index (χ0v) is 19.7. The second-order valence-corrected chi connectivity index (χ2v) is 9.32. The van der Waals surface area contributed by atoms with E-state index in [0.29, 0.717) is 37.1 Å². The van der Waals surface area contributed by atoms with Gasteiger partial charge in [0.15, 0.2) is 11.5 Å². The van der Waals surface area contributed by atoms with Gasteiger partial charge in [0.2, 0.25) is 0 Å². The Morgan fingerprint density at radius 1 is 1.22 bits per heavy atom. The zero-order valence-electron chi connectivity index (χ0n) is 18.9. The molecule has 2 aliphatic rings. The Hall–Kier alpha value is -3.76. The molecule has 9 nitrogen and oxygen atoms in total. The summed E-state index contributed by atoms with van der Waals surface area (Å²) in [6.45, 7) is 1.34.